The third kappa shape index (κ3) is 3.45. The lowest BCUT2D eigenvalue weighted by Crippen LogP contribution is -2.36. The summed E-state index contributed by atoms with van der Waals surface area (Å²) in [5.41, 5.74) is 6.66. The van der Waals surface area contributed by atoms with Gasteiger partial charge in [-0.2, -0.15) is 5.10 Å². The number of nitrogens with one attached hydrogen (secondary N) is 2. The summed E-state index contributed by atoms with van der Waals surface area (Å²) in [6.07, 6.45) is 13.1. The van der Waals surface area contributed by atoms with E-state index in [1.54, 1.807) is 0 Å². The molecule has 0 radical (unpaired) electrons. The van der Waals surface area contributed by atoms with Gasteiger partial charge in [-0.3, -0.25) is 20.5 Å². The fraction of sp³-hybridized carbons (Fsp3) is 0.435. The maximum absolute atomic E-state index is 8.16. The van der Waals surface area contributed by atoms with Crippen molar-refractivity contribution in [3.63, 3.8) is 0 Å². The van der Waals surface area contributed by atoms with Crippen molar-refractivity contribution < 1.29 is 0 Å². The quantitative estimate of drug-likeness (QED) is 0.503. The molecule has 3 aromatic rings. The minimum absolute atomic E-state index is 0.261. The summed E-state index contributed by atoms with van der Waals surface area (Å²) in [6.45, 7) is 5.46. The van der Waals surface area contributed by atoms with E-state index in [0.29, 0.717) is 6.04 Å². The van der Waals surface area contributed by atoms with Gasteiger partial charge in [0.25, 0.3) is 0 Å². The largest absolute Gasteiger partial charge is 0.350 e. The molecular weight excluding hydrogens is 388 g/mol. The molecule has 0 aromatic carbocycles. The number of anilines is 1. The first kappa shape index (κ1) is 19.7. The van der Waals surface area contributed by atoms with Crippen LogP contribution in [-0.4, -0.2) is 37.4 Å². The van der Waals surface area contributed by atoms with Gasteiger partial charge in [0.1, 0.15) is 6.34 Å². The molecule has 2 aliphatic rings. The molecule has 0 spiro atoms. The topological polar surface area (TPSA) is 99.5 Å². The molecule has 1 aliphatic heterocycles. The zero-order valence-electron chi connectivity index (χ0n) is 18.1. The van der Waals surface area contributed by atoms with Gasteiger partial charge in [0, 0.05) is 54.3 Å². The molecule has 8 heteroatoms. The summed E-state index contributed by atoms with van der Waals surface area (Å²) in [6, 6.07) is 2.77. The van der Waals surface area contributed by atoms with Crippen molar-refractivity contribution in [1.82, 2.24) is 24.5 Å². The van der Waals surface area contributed by atoms with Gasteiger partial charge in [-0.1, -0.05) is 12.8 Å². The van der Waals surface area contributed by atoms with Gasteiger partial charge in [0.15, 0.2) is 11.3 Å². The molecule has 1 fully saturated rings. The second kappa shape index (κ2) is 7.76. The van der Waals surface area contributed by atoms with E-state index in [-0.39, 0.29) is 5.49 Å². The number of hydrogen-bond donors (Lipinski definition) is 2. The SMILES string of the molecule is Cc1c(N2CCc3ncc(-c4cnn(C5CCCC5)c4)cc3C2)nn(C=N)c(=N)c1C. The summed E-state index contributed by atoms with van der Waals surface area (Å²) in [7, 11) is 0. The van der Waals surface area contributed by atoms with Gasteiger partial charge < -0.3 is 4.90 Å². The summed E-state index contributed by atoms with van der Waals surface area (Å²) >= 11 is 0. The molecule has 3 aromatic heterocycles. The van der Waals surface area contributed by atoms with Crippen LogP contribution in [0.3, 0.4) is 0 Å². The van der Waals surface area contributed by atoms with Gasteiger partial charge in [-0.15, -0.1) is 5.10 Å². The van der Waals surface area contributed by atoms with E-state index in [1.807, 2.05) is 26.2 Å². The smallest absolute Gasteiger partial charge is 0.153 e. The molecular formula is C23H28N8. The molecule has 0 saturated heterocycles. The highest BCUT2D eigenvalue weighted by Crippen LogP contribution is 2.31. The Bertz CT molecular complexity index is 1200. The number of aromatic nitrogens is 5. The third-order valence-electron chi connectivity index (χ3n) is 6.78. The van der Waals surface area contributed by atoms with E-state index in [0.717, 1.165) is 59.6 Å². The number of hydrogen-bond acceptors (Lipinski definition) is 6. The molecule has 0 bridgehead atoms. The predicted octanol–water partition coefficient (Wildman–Crippen LogP) is 3.37. The van der Waals surface area contributed by atoms with Crippen LogP contribution in [0.15, 0.2) is 24.7 Å². The maximum atomic E-state index is 8.16. The zero-order chi connectivity index (χ0) is 21.5. The van der Waals surface area contributed by atoms with E-state index in [1.165, 1.54) is 35.9 Å². The fourth-order valence-electron chi connectivity index (χ4n) is 4.76. The molecule has 31 heavy (non-hydrogen) atoms. The van der Waals surface area contributed by atoms with Crippen molar-refractivity contribution in [2.75, 3.05) is 11.4 Å². The summed E-state index contributed by atoms with van der Waals surface area (Å²) in [4.78, 5) is 7.00. The van der Waals surface area contributed by atoms with Crippen molar-refractivity contribution in [3.8, 4) is 11.1 Å². The molecule has 4 heterocycles. The monoisotopic (exact) mass is 416 g/mol. The minimum Gasteiger partial charge on any atom is -0.350 e. The van der Waals surface area contributed by atoms with Crippen LogP contribution in [0.5, 0.6) is 0 Å². The molecule has 1 aliphatic carbocycles. The van der Waals surface area contributed by atoms with Crippen molar-refractivity contribution >= 4 is 12.2 Å². The fourth-order valence-corrected chi connectivity index (χ4v) is 4.76. The van der Waals surface area contributed by atoms with E-state index in [4.69, 9.17) is 15.8 Å². The lowest BCUT2D eigenvalue weighted by Gasteiger charge is -2.31. The Morgan fingerprint density at radius 1 is 1.10 bits per heavy atom. The van der Waals surface area contributed by atoms with Gasteiger partial charge in [0.2, 0.25) is 0 Å². The van der Waals surface area contributed by atoms with Gasteiger partial charge in [-0.25, -0.2) is 4.68 Å². The van der Waals surface area contributed by atoms with Gasteiger partial charge in [-0.05, 0) is 43.9 Å². The Morgan fingerprint density at radius 3 is 2.68 bits per heavy atom. The van der Waals surface area contributed by atoms with Crippen LogP contribution in [0, 0.1) is 24.7 Å². The molecule has 1 saturated carbocycles. The first-order chi connectivity index (χ1) is 15.0. The normalized spacial score (nSPS) is 16.5. The standard InChI is InChI=1S/C23H28N8/c1-15-16(2)23(28-31(14-24)22(15)25)29-8-7-21-18(12-29)9-17(10-26-21)19-11-27-30(13-19)20-5-3-4-6-20/h9-11,13-14,20,24-25H,3-8,12H2,1-2H3. The first-order valence-corrected chi connectivity index (χ1v) is 11.0. The Kier molecular flexibility index (Phi) is 4.92. The summed E-state index contributed by atoms with van der Waals surface area (Å²) in [5.74, 6) is 0.835. The summed E-state index contributed by atoms with van der Waals surface area (Å²) < 4.78 is 3.46. The lowest BCUT2D eigenvalue weighted by molar-refractivity contribution is 0.467. The van der Waals surface area contributed by atoms with Gasteiger partial charge >= 0.3 is 0 Å². The van der Waals surface area contributed by atoms with Crippen LogP contribution < -0.4 is 10.4 Å². The van der Waals surface area contributed by atoms with E-state index < -0.39 is 0 Å². The predicted molar refractivity (Wildman–Crippen MR) is 119 cm³/mol. The average molecular weight is 417 g/mol. The van der Waals surface area contributed by atoms with Crippen LogP contribution in [0.4, 0.5) is 5.82 Å². The Hall–Kier alpha value is -3.29. The van der Waals surface area contributed by atoms with Crippen LogP contribution in [0.1, 0.15) is 54.1 Å². The highest BCUT2D eigenvalue weighted by Gasteiger charge is 2.23. The van der Waals surface area contributed by atoms with Crippen LogP contribution in [0.25, 0.3) is 11.1 Å². The van der Waals surface area contributed by atoms with E-state index >= 15 is 0 Å². The molecule has 8 nitrogen and oxygen atoms in total. The first-order valence-electron chi connectivity index (χ1n) is 11.0. The van der Waals surface area contributed by atoms with Crippen LogP contribution in [0.2, 0.25) is 0 Å². The average Bonchev–Trinajstić information content (AvgIpc) is 3.49. The van der Waals surface area contributed by atoms with Crippen molar-refractivity contribution in [3.05, 3.63) is 52.5 Å². The van der Waals surface area contributed by atoms with Crippen molar-refractivity contribution in [2.45, 2.75) is 58.5 Å². The number of rotatable bonds is 4. The molecule has 160 valence electrons. The third-order valence-corrected chi connectivity index (χ3v) is 6.78. The van der Waals surface area contributed by atoms with Crippen LogP contribution in [-0.2, 0) is 13.0 Å². The molecule has 5 rings (SSSR count). The van der Waals surface area contributed by atoms with Gasteiger partial charge in [0.05, 0.1) is 12.2 Å². The number of pyridine rings is 1. The molecule has 0 amide bonds. The Labute approximate surface area is 181 Å². The minimum atomic E-state index is 0.261. The second-order valence-corrected chi connectivity index (χ2v) is 8.64. The Balaban J connectivity index is 1.45. The molecule has 2 N–H and O–H groups in total. The second-order valence-electron chi connectivity index (χ2n) is 8.64. The highest BCUT2D eigenvalue weighted by atomic mass is 15.3. The molecule has 0 atom stereocenters. The van der Waals surface area contributed by atoms with Crippen molar-refractivity contribution in [2.24, 2.45) is 0 Å². The van der Waals surface area contributed by atoms with Crippen molar-refractivity contribution in [1.29, 1.82) is 10.8 Å². The molecule has 0 unspecified atom stereocenters. The highest BCUT2D eigenvalue weighted by molar-refractivity contribution is 5.63. The summed E-state index contributed by atoms with van der Waals surface area (Å²) in [5, 5.41) is 24.9. The lowest BCUT2D eigenvalue weighted by atomic mass is 10.0. The number of fused-ring (bicyclic) bond motifs is 1. The van der Waals surface area contributed by atoms with E-state index in [2.05, 4.69) is 32.0 Å². The number of nitrogens with zero attached hydrogens (tertiary/aromatic N) is 6. The zero-order valence-corrected chi connectivity index (χ0v) is 18.1. The Morgan fingerprint density at radius 2 is 1.90 bits per heavy atom. The van der Waals surface area contributed by atoms with Crippen LogP contribution >= 0.6 is 0 Å². The maximum Gasteiger partial charge on any atom is 0.153 e. The van der Waals surface area contributed by atoms with E-state index in [9.17, 15) is 0 Å².